The van der Waals surface area contributed by atoms with Gasteiger partial charge in [-0.3, -0.25) is 19.4 Å². The van der Waals surface area contributed by atoms with Gasteiger partial charge in [-0.05, 0) is 20.8 Å². The van der Waals surface area contributed by atoms with E-state index in [1.165, 1.54) is 0 Å². The molecule has 0 fully saturated rings. The van der Waals surface area contributed by atoms with E-state index < -0.39 is 17.2 Å². The second-order valence-electron chi connectivity index (χ2n) is 4.04. The van der Waals surface area contributed by atoms with E-state index in [0.29, 0.717) is 0 Å². The van der Waals surface area contributed by atoms with Gasteiger partial charge in [0, 0.05) is 6.42 Å². The van der Waals surface area contributed by atoms with E-state index in [4.69, 9.17) is 9.47 Å². The molecular formula is C12H18N2O5S. The summed E-state index contributed by atoms with van der Waals surface area (Å²) in [7, 11) is 0. The second-order valence-corrected chi connectivity index (χ2v) is 5.13. The molecule has 0 spiro atoms. The Morgan fingerprint density at radius 1 is 1.35 bits per heavy atom. The van der Waals surface area contributed by atoms with Crippen LogP contribution >= 0.6 is 11.8 Å². The molecule has 0 aromatic heterocycles. The number of nitrogens with one attached hydrogen (secondary N) is 1. The first-order chi connectivity index (χ1) is 9.47. The Morgan fingerprint density at radius 3 is 2.35 bits per heavy atom. The van der Waals surface area contributed by atoms with Gasteiger partial charge in [0.05, 0.1) is 19.3 Å². The molecule has 1 heterocycles. The van der Waals surface area contributed by atoms with Gasteiger partial charge in [-0.15, -0.1) is 0 Å². The molecule has 0 radical (unpaired) electrons. The van der Waals surface area contributed by atoms with Crippen molar-refractivity contribution in [2.75, 3.05) is 13.2 Å². The van der Waals surface area contributed by atoms with Crippen molar-refractivity contribution in [3.63, 3.8) is 0 Å². The van der Waals surface area contributed by atoms with Crippen LogP contribution in [0.15, 0.2) is 4.99 Å². The third-order valence-corrected chi connectivity index (χ3v) is 3.35. The highest BCUT2D eigenvalue weighted by atomic mass is 32.2. The molecule has 0 saturated carbocycles. The molecule has 0 bridgehead atoms. The molecule has 0 aliphatic carbocycles. The molecular weight excluding hydrogens is 284 g/mol. The summed E-state index contributed by atoms with van der Waals surface area (Å²) < 4.78 is 9.68. The van der Waals surface area contributed by atoms with Crippen molar-refractivity contribution >= 4 is 34.8 Å². The highest BCUT2D eigenvalue weighted by molar-refractivity contribution is 8.15. The quantitative estimate of drug-likeness (QED) is 0.586. The van der Waals surface area contributed by atoms with Crippen LogP contribution in [0.3, 0.4) is 0 Å². The van der Waals surface area contributed by atoms with E-state index >= 15 is 0 Å². The summed E-state index contributed by atoms with van der Waals surface area (Å²) in [5, 5.41) is 1.58. The molecule has 20 heavy (non-hydrogen) atoms. The number of rotatable bonds is 5. The van der Waals surface area contributed by atoms with Crippen LogP contribution in [0.25, 0.3) is 0 Å². The van der Waals surface area contributed by atoms with E-state index in [0.717, 1.165) is 11.8 Å². The molecule has 0 aromatic carbocycles. The van der Waals surface area contributed by atoms with Crippen molar-refractivity contribution in [3.05, 3.63) is 0 Å². The van der Waals surface area contributed by atoms with Crippen LogP contribution in [0, 0.1) is 0 Å². The molecule has 7 nitrogen and oxygen atoms in total. The first kappa shape index (κ1) is 16.5. The van der Waals surface area contributed by atoms with Crippen molar-refractivity contribution in [3.8, 4) is 0 Å². The van der Waals surface area contributed by atoms with Crippen molar-refractivity contribution < 1.29 is 23.9 Å². The maximum Gasteiger partial charge on any atom is 0.331 e. The van der Waals surface area contributed by atoms with Crippen LogP contribution in [0.5, 0.6) is 0 Å². The summed E-state index contributed by atoms with van der Waals surface area (Å²) in [5.74, 6) is -1.60. The lowest BCUT2D eigenvalue weighted by molar-refractivity contribution is -0.152. The van der Waals surface area contributed by atoms with Crippen molar-refractivity contribution in [2.45, 2.75) is 38.5 Å². The minimum atomic E-state index is -1.18. The van der Waals surface area contributed by atoms with Crippen LogP contribution in [-0.4, -0.2) is 47.5 Å². The molecule has 1 amide bonds. The molecule has 1 rings (SSSR count). The maximum absolute atomic E-state index is 11.8. The van der Waals surface area contributed by atoms with Gasteiger partial charge in [-0.2, -0.15) is 0 Å². The standard InChI is InChI=1S/C12H18N2O5S/c1-4-18-10(16)9(11(17)19-5-2)20-12-13-7(3)6-8(15)14-12/h7,9H,4-6H2,1-3H3,(H,13,14,15)/t7-/m1/s1. The monoisotopic (exact) mass is 302 g/mol. The minimum absolute atomic E-state index is 0.157. The number of ether oxygens (including phenoxy) is 2. The largest absolute Gasteiger partial charge is 0.465 e. The fourth-order valence-electron chi connectivity index (χ4n) is 1.52. The summed E-state index contributed by atoms with van der Waals surface area (Å²) in [5.41, 5.74) is 0. The van der Waals surface area contributed by atoms with Crippen LogP contribution in [0.4, 0.5) is 0 Å². The number of hydrogen-bond donors (Lipinski definition) is 1. The third kappa shape index (κ3) is 4.84. The molecule has 1 atom stereocenters. The predicted molar refractivity (Wildman–Crippen MR) is 74.3 cm³/mol. The van der Waals surface area contributed by atoms with Crippen LogP contribution < -0.4 is 5.32 Å². The fourth-order valence-corrected chi connectivity index (χ4v) is 2.48. The van der Waals surface area contributed by atoms with Crippen LogP contribution in [0.2, 0.25) is 0 Å². The van der Waals surface area contributed by atoms with Crippen molar-refractivity contribution in [1.29, 1.82) is 0 Å². The zero-order chi connectivity index (χ0) is 15.1. The number of carbonyl (C=O) groups is 3. The summed E-state index contributed by atoms with van der Waals surface area (Å²) >= 11 is 0.838. The van der Waals surface area contributed by atoms with Crippen molar-refractivity contribution in [2.24, 2.45) is 4.99 Å². The molecule has 0 saturated heterocycles. The first-order valence-corrected chi connectivity index (χ1v) is 7.23. The zero-order valence-corrected chi connectivity index (χ0v) is 12.5. The van der Waals surface area contributed by atoms with E-state index in [2.05, 4.69) is 10.3 Å². The summed E-state index contributed by atoms with van der Waals surface area (Å²) in [4.78, 5) is 39.2. The number of nitrogens with zero attached hydrogens (tertiary/aromatic N) is 1. The van der Waals surface area contributed by atoms with Gasteiger partial charge >= 0.3 is 11.9 Å². The lowest BCUT2D eigenvalue weighted by Gasteiger charge is -2.20. The van der Waals surface area contributed by atoms with Crippen molar-refractivity contribution in [1.82, 2.24) is 5.32 Å². The SMILES string of the molecule is CCOC(=O)C(SC1=N[C@H](C)CC(=O)N1)C(=O)OCC. The van der Waals surface area contributed by atoms with Gasteiger partial charge in [-0.1, -0.05) is 11.8 Å². The lowest BCUT2D eigenvalue weighted by Crippen LogP contribution is -2.40. The number of amides is 1. The Balaban J connectivity index is 2.80. The summed E-state index contributed by atoms with van der Waals surface area (Å²) in [6.45, 7) is 5.39. The molecule has 1 aliphatic rings. The van der Waals surface area contributed by atoms with Crippen LogP contribution in [0.1, 0.15) is 27.2 Å². The first-order valence-electron chi connectivity index (χ1n) is 6.35. The third-order valence-electron chi connectivity index (χ3n) is 2.30. The van der Waals surface area contributed by atoms with Gasteiger partial charge < -0.3 is 14.8 Å². The Morgan fingerprint density at radius 2 is 1.90 bits per heavy atom. The number of hydrogen-bond acceptors (Lipinski definition) is 7. The van der Waals surface area contributed by atoms with E-state index in [9.17, 15) is 14.4 Å². The van der Waals surface area contributed by atoms with E-state index in [1.54, 1.807) is 20.8 Å². The smallest absolute Gasteiger partial charge is 0.331 e. The normalized spacial score (nSPS) is 18.3. The Kier molecular flexibility index (Phi) is 6.50. The van der Waals surface area contributed by atoms with E-state index in [1.807, 2.05) is 0 Å². The molecule has 0 unspecified atom stereocenters. The number of thioether (sulfide) groups is 1. The van der Waals surface area contributed by atoms with E-state index in [-0.39, 0.29) is 36.8 Å². The molecule has 1 aliphatic heterocycles. The minimum Gasteiger partial charge on any atom is -0.465 e. The Bertz CT molecular complexity index is 406. The zero-order valence-electron chi connectivity index (χ0n) is 11.7. The molecule has 1 N–H and O–H groups in total. The van der Waals surface area contributed by atoms with Crippen LogP contribution in [-0.2, 0) is 23.9 Å². The molecule has 8 heteroatoms. The second kappa shape index (κ2) is 7.88. The lowest BCUT2D eigenvalue weighted by atomic mass is 10.2. The van der Waals surface area contributed by atoms with Gasteiger partial charge in [-0.25, -0.2) is 0 Å². The number of esters is 2. The fraction of sp³-hybridized carbons (Fsp3) is 0.667. The van der Waals surface area contributed by atoms with Gasteiger partial charge in [0.2, 0.25) is 11.2 Å². The maximum atomic E-state index is 11.8. The number of carbonyl (C=O) groups excluding carboxylic acids is 3. The predicted octanol–water partition coefficient (Wildman–Crippen LogP) is 0.479. The highest BCUT2D eigenvalue weighted by Gasteiger charge is 2.33. The Labute approximate surface area is 121 Å². The molecule has 0 aromatic rings. The number of amidine groups is 1. The topological polar surface area (TPSA) is 94.1 Å². The van der Waals surface area contributed by atoms with Gasteiger partial charge in [0.1, 0.15) is 0 Å². The number of aliphatic imine (C=N–C) groups is 1. The molecule has 112 valence electrons. The summed E-state index contributed by atoms with van der Waals surface area (Å²) in [6, 6.07) is -0.184. The average molecular weight is 302 g/mol. The van der Waals surface area contributed by atoms with Gasteiger partial charge in [0.15, 0.2) is 5.17 Å². The summed E-state index contributed by atoms with van der Waals surface area (Å²) in [6.07, 6.45) is 0.285. The highest BCUT2D eigenvalue weighted by Crippen LogP contribution is 2.19. The van der Waals surface area contributed by atoms with Gasteiger partial charge in [0.25, 0.3) is 0 Å². The Hall–Kier alpha value is -1.57. The average Bonchev–Trinajstić information content (AvgIpc) is 2.35.